The van der Waals surface area contributed by atoms with E-state index in [1.54, 1.807) is 12.3 Å². The average molecular weight is 355 g/mol. The normalized spacial score (nSPS) is 18.3. The van der Waals surface area contributed by atoms with Crippen LogP contribution in [0.4, 0.5) is 11.6 Å². The van der Waals surface area contributed by atoms with Gasteiger partial charge in [0.05, 0.1) is 6.54 Å². The molecule has 2 N–H and O–H groups in total. The van der Waals surface area contributed by atoms with Gasteiger partial charge in [0, 0.05) is 37.4 Å². The molecule has 1 aliphatic heterocycles. The molecule has 0 aromatic carbocycles. The van der Waals surface area contributed by atoms with Gasteiger partial charge in [-0.1, -0.05) is 13.8 Å². The van der Waals surface area contributed by atoms with Gasteiger partial charge in [-0.05, 0) is 38.4 Å². The Morgan fingerprint density at radius 2 is 1.96 bits per heavy atom. The van der Waals surface area contributed by atoms with Crippen molar-refractivity contribution in [2.45, 2.75) is 51.6 Å². The number of nitrogens with zero attached hydrogens (tertiary/aromatic N) is 6. The average Bonchev–Trinajstić information content (AvgIpc) is 2.88. The van der Waals surface area contributed by atoms with Crippen LogP contribution in [0.1, 0.15) is 50.7 Å². The molecule has 2 aromatic rings. The Bertz CT molecular complexity index is 719. The molecular formula is C19H29N7. The van der Waals surface area contributed by atoms with E-state index in [2.05, 4.69) is 45.6 Å². The van der Waals surface area contributed by atoms with Gasteiger partial charge in [-0.3, -0.25) is 4.90 Å². The molecule has 1 saturated heterocycles. The van der Waals surface area contributed by atoms with Gasteiger partial charge >= 0.3 is 0 Å². The Kier molecular flexibility index (Phi) is 5.98. The number of anilines is 2. The van der Waals surface area contributed by atoms with Crippen LogP contribution in [-0.4, -0.2) is 51.0 Å². The molecule has 7 nitrogen and oxygen atoms in total. The highest BCUT2D eigenvalue weighted by Gasteiger charge is 2.22. The van der Waals surface area contributed by atoms with Gasteiger partial charge in [0.15, 0.2) is 0 Å². The number of hydrogen-bond acceptors (Lipinski definition) is 7. The summed E-state index contributed by atoms with van der Waals surface area (Å²) in [5.41, 5.74) is 5.77. The summed E-state index contributed by atoms with van der Waals surface area (Å²) in [5, 5.41) is 0. The Balaban J connectivity index is 1.61. The summed E-state index contributed by atoms with van der Waals surface area (Å²) in [6.07, 6.45) is 7.01. The SMILES string of the molecule is CC(C)c1nccc(N2CCCC(N(C)Cc3nccc(N)n3)CC2)n1. The summed E-state index contributed by atoms with van der Waals surface area (Å²) >= 11 is 0. The lowest BCUT2D eigenvalue weighted by Crippen LogP contribution is -2.33. The molecule has 1 atom stereocenters. The molecule has 0 spiro atoms. The number of nitrogens with two attached hydrogens (primary N) is 1. The van der Waals surface area contributed by atoms with E-state index in [4.69, 9.17) is 10.7 Å². The van der Waals surface area contributed by atoms with Gasteiger partial charge in [-0.25, -0.2) is 19.9 Å². The molecule has 26 heavy (non-hydrogen) atoms. The molecule has 3 heterocycles. The summed E-state index contributed by atoms with van der Waals surface area (Å²) in [6, 6.07) is 4.26. The fourth-order valence-corrected chi connectivity index (χ4v) is 3.41. The van der Waals surface area contributed by atoms with E-state index < -0.39 is 0 Å². The fourth-order valence-electron chi connectivity index (χ4n) is 3.41. The maximum absolute atomic E-state index is 5.77. The first kappa shape index (κ1) is 18.5. The number of nitrogen functional groups attached to an aromatic ring is 1. The Hall–Kier alpha value is -2.28. The van der Waals surface area contributed by atoms with Crippen molar-refractivity contribution < 1.29 is 0 Å². The largest absolute Gasteiger partial charge is 0.384 e. The summed E-state index contributed by atoms with van der Waals surface area (Å²) in [4.78, 5) is 22.5. The van der Waals surface area contributed by atoms with Crippen molar-refractivity contribution in [3.05, 3.63) is 36.2 Å². The Morgan fingerprint density at radius 1 is 1.15 bits per heavy atom. The second kappa shape index (κ2) is 8.40. The van der Waals surface area contributed by atoms with Crippen LogP contribution in [0.3, 0.4) is 0 Å². The van der Waals surface area contributed by atoms with Crippen molar-refractivity contribution >= 4 is 11.6 Å². The molecule has 1 unspecified atom stereocenters. The van der Waals surface area contributed by atoms with Crippen molar-refractivity contribution in [1.82, 2.24) is 24.8 Å². The van der Waals surface area contributed by atoms with E-state index in [-0.39, 0.29) is 0 Å². The maximum atomic E-state index is 5.77. The minimum absolute atomic E-state index is 0.346. The molecular weight excluding hydrogens is 326 g/mol. The van der Waals surface area contributed by atoms with Gasteiger partial charge in [-0.15, -0.1) is 0 Å². The zero-order valence-corrected chi connectivity index (χ0v) is 16.0. The van der Waals surface area contributed by atoms with Crippen LogP contribution in [-0.2, 0) is 6.54 Å². The van der Waals surface area contributed by atoms with Gasteiger partial charge in [0.2, 0.25) is 0 Å². The highest BCUT2D eigenvalue weighted by atomic mass is 15.2. The van der Waals surface area contributed by atoms with E-state index in [0.29, 0.717) is 17.8 Å². The predicted octanol–water partition coefficient (Wildman–Crippen LogP) is 2.46. The predicted molar refractivity (Wildman–Crippen MR) is 104 cm³/mol. The van der Waals surface area contributed by atoms with E-state index in [1.807, 2.05) is 12.3 Å². The standard InChI is InChI=1S/C19H29N7/c1-14(2)19-22-10-7-18(24-19)26-11-4-5-15(8-12-26)25(3)13-17-21-9-6-16(20)23-17/h6-7,9-10,14-15H,4-5,8,11-13H2,1-3H3,(H2,20,21,23). The summed E-state index contributed by atoms with van der Waals surface area (Å²) in [5.74, 6) is 3.62. The first-order valence-electron chi connectivity index (χ1n) is 9.38. The first-order chi connectivity index (χ1) is 12.5. The van der Waals surface area contributed by atoms with E-state index >= 15 is 0 Å². The van der Waals surface area contributed by atoms with Crippen LogP contribution in [0.5, 0.6) is 0 Å². The number of rotatable bonds is 5. The second-order valence-electron chi connectivity index (χ2n) is 7.31. The molecule has 0 radical (unpaired) electrons. The molecule has 1 aliphatic rings. The van der Waals surface area contributed by atoms with Crippen LogP contribution >= 0.6 is 0 Å². The van der Waals surface area contributed by atoms with E-state index in [1.165, 1.54) is 0 Å². The topological polar surface area (TPSA) is 84.1 Å². The molecule has 3 rings (SSSR count). The van der Waals surface area contributed by atoms with Crippen LogP contribution in [0.15, 0.2) is 24.5 Å². The third-order valence-electron chi connectivity index (χ3n) is 4.94. The molecule has 7 heteroatoms. The fraction of sp³-hybridized carbons (Fsp3) is 0.579. The van der Waals surface area contributed by atoms with Gasteiger partial charge in [0.1, 0.15) is 23.3 Å². The Labute approximate surface area is 155 Å². The molecule has 0 bridgehead atoms. The maximum Gasteiger partial charge on any atom is 0.144 e. The molecule has 2 aromatic heterocycles. The quantitative estimate of drug-likeness (QED) is 0.882. The van der Waals surface area contributed by atoms with Crippen molar-refractivity contribution in [3.8, 4) is 0 Å². The zero-order chi connectivity index (χ0) is 18.5. The van der Waals surface area contributed by atoms with Gasteiger partial charge < -0.3 is 10.6 Å². The Morgan fingerprint density at radius 3 is 2.73 bits per heavy atom. The first-order valence-corrected chi connectivity index (χ1v) is 9.38. The lowest BCUT2D eigenvalue weighted by atomic mass is 10.1. The summed E-state index contributed by atoms with van der Waals surface area (Å²) in [7, 11) is 2.15. The zero-order valence-electron chi connectivity index (χ0n) is 16.0. The van der Waals surface area contributed by atoms with Crippen molar-refractivity contribution in [1.29, 1.82) is 0 Å². The highest BCUT2D eigenvalue weighted by Crippen LogP contribution is 2.22. The van der Waals surface area contributed by atoms with Crippen molar-refractivity contribution in [3.63, 3.8) is 0 Å². The minimum Gasteiger partial charge on any atom is -0.384 e. The van der Waals surface area contributed by atoms with Crippen molar-refractivity contribution in [2.75, 3.05) is 30.8 Å². The van der Waals surface area contributed by atoms with Crippen LogP contribution < -0.4 is 10.6 Å². The third kappa shape index (κ3) is 4.66. The smallest absolute Gasteiger partial charge is 0.144 e. The molecule has 0 amide bonds. The van der Waals surface area contributed by atoms with Crippen molar-refractivity contribution in [2.24, 2.45) is 0 Å². The van der Waals surface area contributed by atoms with Gasteiger partial charge in [0.25, 0.3) is 0 Å². The van der Waals surface area contributed by atoms with Crippen LogP contribution in [0, 0.1) is 0 Å². The number of aromatic nitrogens is 4. The third-order valence-corrected chi connectivity index (χ3v) is 4.94. The highest BCUT2D eigenvalue weighted by molar-refractivity contribution is 5.38. The monoisotopic (exact) mass is 355 g/mol. The lowest BCUT2D eigenvalue weighted by molar-refractivity contribution is 0.212. The molecule has 0 aliphatic carbocycles. The second-order valence-corrected chi connectivity index (χ2v) is 7.31. The molecule has 1 fully saturated rings. The summed E-state index contributed by atoms with van der Waals surface area (Å²) in [6.45, 7) is 7.02. The van der Waals surface area contributed by atoms with Crippen LogP contribution in [0.2, 0.25) is 0 Å². The molecule has 0 saturated carbocycles. The van der Waals surface area contributed by atoms with E-state index in [0.717, 1.165) is 56.4 Å². The summed E-state index contributed by atoms with van der Waals surface area (Å²) < 4.78 is 0. The van der Waals surface area contributed by atoms with E-state index in [9.17, 15) is 0 Å². The number of hydrogen-bond donors (Lipinski definition) is 1. The van der Waals surface area contributed by atoms with Gasteiger partial charge in [-0.2, -0.15) is 0 Å². The minimum atomic E-state index is 0.346. The lowest BCUT2D eigenvalue weighted by Gasteiger charge is -2.27. The van der Waals surface area contributed by atoms with Crippen LogP contribution in [0.25, 0.3) is 0 Å². The molecule has 140 valence electrons.